The number of unbranched alkanes of at least 4 members (excludes halogenated alkanes) is 2. The molecular weight excluding hydrogens is 439 g/mol. The van der Waals surface area contributed by atoms with Crippen LogP contribution in [0.25, 0.3) is 11.1 Å². The number of carbonyl (C=O) groups excluding carboxylic acids is 1. The first-order valence-electron chi connectivity index (χ1n) is 12.4. The van der Waals surface area contributed by atoms with Gasteiger partial charge in [0, 0.05) is 0 Å². The minimum Gasteiger partial charge on any atom is -0.492 e. The van der Waals surface area contributed by atoms with E-state index in [4.69, 9.17) is 21.1 Å². The Morgan fingerprint density at radius 2 is 1.67 bits per heavy atom. The van der Waals surface area contributed by atoms with Crippen molar-refractivity contribution in [1.82, 2.24) is 0 Å². The fourth-order valence-electron chi connectivity index (χ4n) is 4.32. The van der Waals surface area contributed by atoms with Crippen LogP contribution in [0.3, 0.4) is 0 Å². The first-order valence-corrected chi connectivity index (χ1v) is 12.8. The maximum absolute atomic E-state index is 13.9. The molecule has 3 nitrogen and oxygen atoms in total. The largest absolute Gasteiger partial charge is 0.492 e. The van der Waals surface area contributed by atoms with Crippen LogP contribution in [-0.4, -0.2) is 24.9 Å². The van der Waals surface area contributed by atoms with Gasteiger partial charge in [0.15, 0.2) is 6.17 Å². The van der Waals surface area contributed by atoms with Crippen LogP contribution in [0.4, 0.5) is 4.39 Å². The number of hydrogen-bond donors (Lipinski definition) is 0. The number of carbonyl (C=O) groups is 1. The number of halogens is 2. The topological polar surface area (TPSA) is 35.5 Å². The molecule has 0 bridgehead atoms. The predicted octanol–water partition coefficient (Wildman–Crippen LogP) is 8.28. The highest BCUT2D eigenvalue weighted by atomic mass is 35.5. The van der Waals surface area contributed by atoms with Crippen molar-refractivity contribution < 1.29 is 18.7 Å². The monoisotopic (exact) mass is 474 g/mol. The summed E-state index contributed by atoms with van der Waals surface area (Å²) in [5, 5.41) is 0.630. The van der Waals surface area contributed by atoms with E-state index >= 15 is 0 Å². The number of benzene rings is 2. The number of alkyl halides is 1. The Balaban J connectivity index is 1.52. The molecule has 0 N–H and O–H groups in total. The van der Waals surface area contributed by atoms with Crippen LogP contribution in [0.5, 0.6) is 5.75 Å². The Kier molecular flexibility index (Phi) is 10.1. The van der Waals surface area contributed by atoms with E-state index < -0.39 is 12.1 Å². The van der Waals surface area contributed by atoms with Gasteiger partial charge in [-0.3, -0.25) is 0 Å². The maximum Gasteiger partial charge on any atom is 0.340 e. The van der Waals surface area contributed by atoms with Crippen molar-refractivity contribution in [1.29, 1.82) is 0 Å². The van der Waals surface area contributed by atoms with E-state index in [9.17, 15) is 9.18 Å². The molecular formula is C28H36ClFO3. The van der Waals surface area contributed by atoms with Crippen LogP contribution >= 0.6 is 11.6 Å². The zero-order valence-corrected chi connectivity index (χ0v) is 20.6. The van der Waals surface area contributed by atoms with E-state index in [1.165, 1.54) is 5.56 Å². The lowest BCUT2D eigenvalue weighted by Crippen LogP contribution is -2.28. The van der Waals surface area contributed by atoms with Crippen molar-refractivity contribution in [3.8, 4) is 16.9 Å². The third kappa shape index (κ3) is 7.46. The minimum atomic E-state index is -1.49. The Morgan fingerprint density at radius 1 is 1.00 bits per heavy atom. The molecule has 5 heteroatoms. The second-order valence-corrected chi connectivity index (χ2v) is 9.40. The lowest BCUT2D eigenvalue weighted by atomic mass is 9.82. The van der Waals surface area contributed by atoms with Crippen LogP contribution in [0.15, 0.2) is 42.5 Å². The van der Waals surface area contributed by atoms with E-state index in [1.54, 1.807) is 0 Å². The average Bonchev–Trinajstić information content (AvgIpc) is 2.84. The van der Waals surface area contributed by atoms with E-state index in [0.29, 0.717) is 24.0 Å². The summed E-state index contributed by atoms with van der Waals surface area (Å²) in [5.41, 5.74) is 3.47. The summed E-state index contributed by atoms with van der Waals surface area (Å²) in [5.74, 6) is 0.484. The minimum absolute atomic E-state index is 0.159. The molecule has 33 heavy (non-hydrogen) atoms. The van der Waals surface area contributed by atoms with Crippen molar-refractivity contribution in [3.05, 3.63) is 53.1 Å². The summed E-state index contributed by atoms with van der Waals surface area (Å²) in [6, 6.07) is 14.5. The highest BCUT2D eigenvalue weighted by molar-refractivity contribution is 6.32. The van der Waals surface area contributed by atoms with Gasteiger partial charge in [0.2, 0.25) is 0 Å². The summed E-state index contributed by atoms with van der Waals surface area (Å²) < 4.78 is 25.1. The highest BCUT2D eigenvalue weighted by Crippen LogP contribution is 2.36. The van der Waals surface area contributed by atoms with Gasteiger partial charge in [0.1, 0.15) is 11.9 Å². The summed E-state index contributed by atoms with van der Waals surface area (Å²) in [6.45, 7) is 4.80. The fourth-order valence-corrected chi connectivity index (χ4v) is 4.56. The van der Waals surface area contributed by atoms with Crippen molar-refractivity contribution in [2.24, 2.45) is 0 Å². The van der Waals surface area contributed by atoms with Gasteiger partial charge in [-0.1, -0.05) is 75.0 Å². The molecule has 1 fully saturated rings. The molecule has 1 saturated carbocycles. The van der Waals surface area contributed by atoms with Gasteiger partial charge in [-0.15, -0.1) is 0 Å². The van der Waals surface area contributed by atoms with Gasteiger partial charge in [-0.2, -0.15) is 0 Å². The standard InChI is InChI=1S/C28H36ClFO3/c1-3-5-7-26(30)28(31)33-24-15-12-21(13-16-24)20-8-10-22(11-9-20)23-14-17-27(25(29)19-23)32-18-6-4-2/h8-11,14,17,19,21,24,26H,3-7,12-13,15-16,18H2,1-2H3/t21?,24?,26-/m0/s1. The number of ether oxygens (including phenoxy) is 2. The van der Waals surface area contributed by atoms with Crippen molar-refractivity contribution in [2.45, 2.75) is 89.8 Å². The summed E-state index contributed by atoms with van der Waals surface area (Å²) in [7, 11) is 0. The molecule has 0 aromatic heterocycles. The highest BCUT2D eigenvalue weighted by Gasteiger charge is 2.27. The molecule has 0 radical (unpaired) electrons. The molecule has 1 atom stereocenters. The zero-order chi connectivity index (χ0) is 23.6. The van der Waals surface area contributed by atoms with Crippen LogP contribution in [0.1, 0.15) is 83.1 Å². The smallest absolute Gasteiger partial charge is 0.340 e. The molecule has 1 aliphatic rings. The molecule has 180 valence electrons. The SMILES string of the molecule is CCCCOc1ccc(-c2ccc(C3CCC(OC(=O)[C@@H](F)CCCC)CC3)cc2)cc1Cl. The summed E-state index contributed by atoms with van der Waals surface area (Å²) in [6.07, 6.45) is 5.76. The molecule has 2 aromatic rings. The van der Waals surface area contributed by atoms with Gasteiger partial charge >= 0.3 is 5.97 Å². The quantitative estimate of drug-likeness (QED) is 0.243. The molecule has 0 unspecified atom stereocenters. The van der Waals surface area contributed by atoms with Crippen molar-refractivity contribution in [2.75, 3.05) is 6.61 Å². The van der Waals surface area contributed by atoms with E-state index in [-0.39, 0.29) is 12.5 Å². The molecule has 0 aliphatic heterocycles. The van der Waals surface area contributed by atoms with E-state index in [2.05, 4.69) is 31.2 Å². The predicted molar refractivity (Wildman–Crippen MR) is 133 cm³/mol. The van der Waals surface area contributed by atoms with Gasteiger partial charge in [-0.05, 0) is 73.3 Å². The maximum atomic E-state index is 13.9. The Labute approximate surface area is 202 Å². The first kappa shape index (κ1) is 25.6. The molecule has 0 heterocycles. The number of esters is 1. The van der Waals surface area contributed by atoms with Crippen LogP contribution < -0.4 is 4.74 Å². The van der Waals surface area contributed by atoms with Crippen LogP contribution in [-0.2, 0) is 9.53 Å². The summed E-state index contributed by atoms with van der Waals surface area (Å²) in [4.78, 5) is 11.9. The van der Waals surface area contributed by atoms with Crippen LogP contribution in [0.2, 0.25) is 5.02 Å². The lowest BCUT2D eigenvalue weighted by Gasteiger charge is -2.29. The molecule has 2 aromatic carbocycles. The number of rotatable bonds is 11. The third-order valence-corrected chi connectivity index (χ3v) is 6.72. The molecule has 3 rings (SSSR count). The van der Waals surface area contributed by atoms with Gasteiger partial charge in [0.05, 0.1) is 11.6 Å². The second-order valence-electron chi connectivity index (χ2n) is 8.99. The zero-order valence-electron chi connectivity index (χ0n) is 19.8. The molecule has 0 saturated heterocycles. The van der Waals surface area contributed by atoms with Gasteiger partial charge < -0.3 is 9.47 Å². The number of hydrogen-bond acceptors (Lipinski definition) is 3. The fraction of sp³-hybridized carbons (Fsp3) is 0.536. The van der Waals surface area contributed by atoms with Gasteiger partial charge in [-0.25, -0.2) is 9.18 Å². The molecule has 1 aliphatic carbocycles. The van der Waals surface area contributed by atoms with Gasteiger partial charge in [0.25, 0.3) is 0 Å². The van der Waals surface area contributed by atoms with Crippen LogP contribution in [0, 0.1) is 0 Å². The molecule has 0 spiro atoms. The first-order chi connectivity index (χ1) is 16.0. The summed E-state index contributed by atoms with van der Waals surface area (Å²) >= 11 is 6.42. The van der Waals surface area contributed by atoms with E-state index in [1.807, 2.05) is 25.1 Å². The third-order valence-electron chi connectivity index (χ3n) is 6.43. The van der Waals surface area contributed by atoms with Crippen molar-refractivity contribution in [3.63, 3.8) is 0 Å². The van der Waals surface area contributed by atoms with E-state index in [0.717, 1.165) is 61.8 Å². The normalized spacial score (nSPS) is 19.2. The average molecular weight is 475 g/mol. The molecule has 0 amide bonds. The van der Waals surface area contributed by atoms with Crippen molar-refractivity contribution >= 4 is 17.6 Å². The Hall–Kier alpha value is -2.07. The Morgan fingerprint density at radius 3 is 2.30 bits per heavy atom. The second kappa shape index (κ2) is 13.0. The lowest BCUT2D eigenvalue weighted by molar-refractivity contribution is -0.157. The Bertz CT molecular complexity index is 875.